The fourth-order valence-electron chi connectivity index (χ4n) is 2.94. The standard InChI is InChI=1S/C17H24O4/c1-4-17(5-2)16(15(12-20-17)21-13(3)18)19-11-14-9-7-6-8-10-14/h6-10,15-16H,4-5,11-12H2,1-3H3/t15-,16?/m1/s1. The van der Waals surface area contributed by atoms with Crippen molar-refractivity contribution in [3.8, 4) is 0 Å². The van der Waals surface area contributed by atoms with Gasteiger partial charge in [-0.3, -0.25) is 4.79 Å². The lowest BCUT2D eigenvalue weighted by molar-refractivity contribution is -0.155. The SMILES string of the molecule is CCC1(CC)OC[C@@H](OC(C)=O)C1OCc1ccccc1. The summed E-state index contributed by atoms with van der Waals surface area (Å²) in [5.41, 5.74) is 0.738. The van der Waals surface area contributed by atoms with Crippen molar-refractivity contribution >= 4 is 5.97 Å². The van der Waals surface area contributed by atoms with E-state index in [1.807, 2.05) is 30.3 Å². The largest absolute Gasteiger partial charge is 0.457 e. The highest BCUT2D eigenvalue weighted by molar-refractivity contribution is 5.66. The first kappa shape index (κ1) is 16.0. The van der Waals surface area contributed by atoms with Gasteiger partial charge in [-0.1, -0.05) is 44.2 Å². The maximum absolute atomic E-state index is 11.3. The summed E-state index contributed by atoms with van der Waals surface area (Å²) < 4.78 is 17.4. The quantitative estimate of drug-likeness (QED) is 0.756. The molecule has 1 heterocycles. The molecule has 21 heavy (non-hydrogen) atoms. The maximum atomic E-state index is 11.3. The molecule has 0 spiro atoms. The van der Waals surface area contributed by atoms with Crippen LogP contribution in [-0.2, 0) is 25.6 Å². The number of rotatable bonds is 6. The molecule has 1 saturated heterocycles. The molecule has 0 radical (unpaired) electrons. The van der Waals surface area contributed by atoms with E-state index < -0.39 is 0 Å². The van der Waals surface area contributed by atoms with Gasteiger partial charge in [0.15, 0.2) is 6.10 Å². The van der Waals surface area contributed by atoms with Crippen LogP contribution in [0.5, 0.6) is 0 Å². The molecular weight excluding hydrogens is 268 g/mol. The van der Waals surface area contributed by atoms with Gasteiger partial charge in [0, 0.05) is 6.92 Å². The summed E-state index contributed by atoms with van der Waals surface area (Å²) in [7, 11) is 0. The number of hydrogen-bond donors (Lipinski definition) is 0. The van der Waals surface area contributed by atoms with Crippen LogP contribution >= 0.6 is 0 Å². The molecule has 0 bridgehead atoms. The predicted molar refractivity (Wildman–Crippen MR) is 79.8 cm³/mol. The van der Waals surface area contributed by atoms with Gasteiger partial charge in [-0.2, -0.15) is 0 Å². The molecule has 1 fully saturated rings. The highest BCUT2D eigenvalue weighted by atomic mass is 16.6. The van der Waals surface area contributed by atoms with Crippen LogP contribution in [0, 0.1) is 0 Å². The summed E-state index contributed by atoms with van der Waals surface area (Å²) in [5, 5.41) is 0. The summed E-state index contributed by atoms with van der Waals surface area (Å²) in [6.07, 6.45) is 1.12. The number of carbonyl (C=O) groups excluding carboxylic acids is 1. The van der Waals surface area contributed by atoms with E-state index in [9.17, 15) is 4.79 Å². The first-order valence-corrected chi connectivity index (χ1v) is 7.58. The molecule has 0 aromatic heterocycles. The second kappa shape index (κ2) is 7.05. The van der Waals surface area contributed by atoms with Crippen molar-refractivity contribution < 1.29 is 19.0 Å². The van der Waals surface area contributed by atoms with E-state index in [1.165, 1.54) is 6.92 Å². The van der Waals surface area contributed by atoms with Crippen LogP contribution < -0.4 is 0 Å². The summed E-state index contributed by atoms with van der Waals surface area (Å²) in [6.45, 7) is 6.48. The van der Waals surface area contributed by atoms with Crippen molar-refractivity contribution in [2.45, 2.75) is 58.0 Å². The molecule has 1 aromatic rings. The maximum Gasteiger partial charge on any atom is 0.303 e. The zero-order chi connectivity index (χ0) is 15.3. The number of carbonyl (C=O) groups is 1. The summed E-state index contributed by atoms with van der Waals surface area (Å²) in [5.74, 6) is -0.292. The molecule has 116 valence electrons. The van der Waals surface area contributed by atoms with Gasteiger partial charge in [0.05, 0.1) is 18.8 Å². The van der Waals surface area contributed by atoms with E-state index in [1.54, 1.807) is 0 Å². The lowest BCUT2D eigenvalue weighted by Gasteiger charge is -2.33. The lowest BCUT2D eigenvalue weighted by atomic mass is 9.89. The third-order valence-electron chi connectivity index (χ3n) is 4.18. The topological polar surface area (TPSA) is 44.8 Å². The first-order valence-electron chi connectivity index (χ1n) is 7.58. The van der Waals surface area contributed by atoms with E-state index in [2.05, 4.69) is 13.8 Å². The van der Waals surface area contributed by atoms with E-state index in [0.717, 1.165) is 18.4 Å². The monoisotopic (exact) mass is 292 g/mol. The Morgan fingerprint density at radius 2 is 1.95 bits per heavy atom. The molecule has 0 saturated carbocycles. The molecule has 1 aromatic carbocycles. The zero-order valence-corrected chi connectivity index (χ0v) is 13.0. The van der Waals surface area contributed by atoms with Crippen molar-refractivity contribution in [3.05, 3.63) is 35.9 Å². The van der Waals surface area contributed by atoms with E-state index in [0.29, 0.717) is 13.2 Å². The summed E-state index contributed by atoms with van der Waals surface area (Å²) in [4.78, 5) is 11.3. The smallest absolute Gasteiger partial charge is 0.303 e. The van der Waals surface area contributed by atoms with E-state index >= 15 is 0 Å². The van der Waals surface area contributed by atoms with Crippen LogP contribution in [-0.4, -0.2) is 30.4 Å². The van der Waals surface area contributed by atoms with Crippen molar-refractivity contribution in [3.63, 3.8) is 0 Å². The van der Waals surface area contributed by atoms with E-state index in [4.69, 9.17) is 14.2 Å². The fourth-order valence-corrected chi connectivity index (χ4v) is 2.94. The van der Waals surface area contributed by atoms with Crippen molar-refractivity contribution in [2.24, 2.45) is 0 Å². The van der Waals surface area contributed by atoms with Crippen molar-refractivity contribution in [1.29, 1.82) is 0 Å². The fraction of sp³-hybridized carbons (Fsp3) is 0.588. The molecule has 4 nitrogen and oxygen atoms in total. The molecule has 0 aliphatic carbocycles. The Bertz CT molecular complexity index is 453. The Balaban J connectivity index is 2.10. The number of esters is 1. The highest BCUT2D eigenvalue weighted by Gasteiger charge is 2.50. The van der Waals surface area contributed by atoms with E-state index in [-0.39, 0.29) is 23.8 Å². The first-order chi connectivity index (χ1) is 10.1. The minimum atomic E-state index is -0.366. The molecular formula is C17H24O4. The minimum Gasteiger partial charge on any atom is -0.457 e. The molecule has 0 N–H and O–H groups in total. The second-order valence-corrected chi connectivity index (χ2v) is 5.45. The van der Waals surface area contributed by atoms with Gasteiger partial charge in [-0.15, -0.1) is 0 Å². The Labute approximate surface area is 126 Å². The van der Waals surface area contributed by atoms with Crippen LogP contribution in [0.15, 0.2) is 30.3 Å². The number of ether oxygens (including phenoxy) is 3. The third-order valence-corrected chi connectivity index (χ3v) is 4.18. The van der Waals surface area contributed by atoms with Gasteiger partial charge >= 0.3 is 5.97 Å². The van der Waals surface area contributed by atoms with Gasteiger partial charge in [0.1, 0.15) is 6.10 Å². The average molecular weight is 292 g/mol. The Morgan fingerprint density at radius 1 is 1.29 bits per heavy atom. The minimum absolute atomic E-state index is 0.225. The summed E-state index contributed by atoms with van der Waals surface area (Å²) >= 11 is 0. The van der Waals surface area contributed by atoms with Gasteiger partial charge in [0.25, 0.3) is 0 Å². The lowest BCUT2D eigenvalue weighted by Crippen LogP contribution is -2.45. The van der Waals surface area contributed by atoms with Crippen molar-refractivity contribution in [1.82, 2.24) is 0 Å². The number of hydrogen-bond acceptors (Lipinski definition) is 4. The van der Waals surface area contributed by atoms with Gasteiger partial charge in [-0.25, -0.2) is 0 Å². The zero-order valence-electron chi connectivity index (χ0n) is 13.0. The molecule has 2 atom stereocenters. The van der Waals surface area contributed by atoms with Gasteiger partial charge in [0.2, 0.25) is 0 Å². The van der Waals surface area contributed by atoms with Crippen molar-refractivity contribution in [2.75, 3.05) is 6.61 Å². The average Bonchev–Trinajstić information content (AvgIpc) is 2.84. The Morgan fingerprint density at radius 3 is 2.52 bits per heavy atom. The van der Waals surface area contributed by atoms with Gasteiger partial charge in [-0.05, 0) is 18.4 Å². The van der Waals surface area contributed by atoms with Gasteiger partial charge < -0.3 is 14.2 Å². The van der Waals surface area contributed by atoms with Crippen LogP contribution in [0.3, 0.4) is 0 Å². The Kier molecular flexibility index (Phi) is 5.37. The van der Waals surface area contributed by atoms with Crippen LogP contribution in [0.4, 0.5) is 0 Å². The van der Waals surface area contributed by atoms with Crippen LogP contribution in [0.2, 0.25) is 0 Å². The summed E-state index contributed by atoms with van der Waals surface area (Å²) in [6, 6.07) is 10.00. The normalized spacial score (nSPS) is 24.0. The highest BCUT2D eigenvalue weighted by Crippen LogP contribution is 2.37. The van der Waals surface area contributed by atoms with Crippen LogP contribution in [0.1, 0.15) is 39.2 Å². The predicted octanol–water partition coefficient (Wildman–Crippen LogP) is 3.09. The second-order valence-electron chi connectivity index (χ2n) is 5.45. The molecule has 1 aliphatic heterocycles. The Hall–Kier alpha value is -1.39. The van der Waals surface area contributed by atoms with Crippen LogP contribution in [0.25, 0.3) is 0 Å². The molecule has 2 rings (SSSR count). The molecule has 0 amide bonds. The molecule has 1 unspecified atom stereocenters. The third kappa shape index (κ3) is 3.63. The molecule has 4 heteroatoms. The molecule has 1 aliphatic rings. The number of benzene rings is 1.